The van der Waals surface area contributed by atoms with E-state index in [1.54, 1.807) is 0 Å². The van der Waals surface area contributed by atoms with Crippen LogP contribution in [0.1, 0.15) is 25.8 Å². The minimum absolute atomic E-state index is 0.161. The molecule has 0 fully saturated rings. The van der Waals surface area contributed by atoms with Crippen molar-refractivity contribution in [3.63, 3.8) is 0 Å². The summed E-state index contributed by atoms with van der Waals surface area (Å²) in [5.74, 6) is 0.985. The fraction of sp³-hybridized carbons (Fsp3) is 0.333. The monoisotopic (exact) mass is 262 g/mol. The van der Waals surface area contributed by atoms with Gasteiger partial charge in [0.25, 0.3) is 0 Å². The average Bonchev–Trinajstić information content (AvgIpc) is 2.35. The highest BCUT2D eigenvalue weighted by Crippen LogP contribution is 2.47. The predicted octanol–water partition coefficient (Wildman–Crippen LogP) is 4.30. The predicted molar refractivity (Wildman–Crippen MR) is 73.7 cm³/mol. The Labute approximate surface area is 111 Å². The minimum Gasteiger partial charge on any atom is -0.506 e. The van der Waals surface area contributed by atoms with Crippen LogP contribution in [0, 0.1) is 0 Å². The lowest BCUT2D eigenvalue weighted by Gasteiger charge is -2.34. The summed E-state index contributed by atoms with van der Waals surface area (Å²) in [5.41, 5.74) is 0.739. The van der Waals surface area contributed by atoms with E-state index >= 15 is 0 Å². The topological polar surface area (TPSA) is 29.5 Å². The highest BCUT2D eigenvalue weighted by atomic mass is 35.5. The molecule has 0 aliphatic carbocycles. The van der Waals surface area contributed by atoms with Crippen molar-refractivity contribution >= 4 is 22.4 Å². The first kappa shape index (κ1) is 11.7. The van der Waals surface area contributed by atoms with Gasteiger partial charge >= 0.3 is 0 Å². The van der Waals surface area contributed by atoms with Crippen LogP contribution in [0.5, 0.6) is 11.5 Å². The molecule has 3 heteroatoms. The van der Waals surface area contributed by atoms with Crippen molar-refractivity contribution in [1.29, 1.82) is 0 Å². The van der Waals surface area contributed by atoms with Crippen LogP contribution in [0.2, 0.25) is 5.02 Å². The summed E-state index contributed by atoms with van der Waals surface area (Å²) in [6, 6.07) is 7.66. The van der Waals surface area contributed by atoms with E-state index in [1.807, 2.05) is 24.3 Å². The maximum atomic E-state index is 10.2. The standard InChI is InChI=1S/C15H15ClO2/c1-15(2)8-7-11-12(16)13(17)9-5-3-4-6-10(9)14(11)18-15/h3-6,17H,7-8H2,1-2H3. The number of ether oxygens (including phenoxy) is 1. The number of hydrogen-bond donors (Lipinski definition) is 1. The van der Waals surface area contributed by atoms with Crippen LogP contribution in [0.3, 0.4) is 0 Å². The summed E-state index contributed by atoms with van der Waals surface area (Å²) in [6.07, 6.45) is 1.73. The van der Waals surface area contributed by atoms with Gasteiger partial charge in [-0.3, -0.25) is 0 Å². The Morgan fingerprint density at radius 1 is 1.22 bits per heavy atom. The first-order valence-electron chi connectivity index (χ1n) is 6.11. The second kappa shape index (κ2) is 3.79. The average molecular weight is 263 g/mol. The van der Waals surface area contributed by atoms with Gasteiger partial charge in [-0.2, -0.15) is 0 Å². The molecule has 0 unspecified atom stereocenters. The molecule has 1 aliphatic heterocycles. The second-order valence-electron chi connectivity index (χ2n) is 5.38. The summed E-state index contributed by atoms with van der Waals surface area (Å²) < 4.78 is 6.07. The molecule has 2 aromatic carbocycles. The molecule has 0 aromatic heterocycles. The van der Waals surface area contributed by atoms with E-state index in [-0.39, 0.29) is 11.4 Å². The fourth-order valence-electron chi connectivity index (χ4n) is 2.50. The maximum absolute atomic E-state index is 10.2. The number of halogens is 1. The molecule has 0 saturated carbocycles. The molecule has 0 radical (unpaired) electrons. The van der Waals surface area contributed by atoms with Crippen molar-refractivity contribution < 1.29 is 9.84 Å². The smallest absolute Gasteiger partial charge is 0.142 e. The van der Waals surface area contributed by atoms with Gasteiger partial charge in [0, 0.05) is 16.3 Å². The fourth-order valence-corrected chi connectivity index (χ4v) is 2.79. The maximum Gasteiger partial charge on any atom is 0.142 e. The zero-order chi connectivity index (χ0) is 12.9. The van der Waals surface area contributed by atoms with E-state index in [2.05, 4.69) is 13.8 Å². The second-order valence-corrected chi connectivity index (χ2v) is 5.76. The number of fused-ring (bicyclic) bond motifs is 3. The summed E-state index contributed by atoms with van der Waals surface area (Å²) in [7, 11) is 0. The Morgan fingerprint density at radius 2 is 1.89 bits per heavy atom. The van der Waals surface area contributed by atoms with Crippen LogP contribution in [0.15, 0.2) is 24.3 Å². The molecule has 0 bridgehead atoms. The first-order chi connectivity index (χ1) is 8.49. The van der Waals surface area contributed by atoms with Crippen LogP contribution >= 0.6 is 11.6 Å². The van der Waals surface area contributed by atoms with Gasteiger partial charge in [-0.1, -0.05) is 35.9 Å². The SMILES string of the molecule is CC1(C)CCc2c(Cl)c(O)c3ccccc3c2O1. The Bertz CT molecular complexity index is 632. The third-order valence-corrected chi connectivity index (χ3v) is 3.94. The zero-order valence-electron chi connectivity index (χ0n) is 10.5. The third-order valence-electron chi connectivity index (χ3n) is 3.53. The minimum atomic E-state index is -0.184. The van der Waals surface area contributed by atoms with E-state index in [4.69, 9.17) is 16.3 Å². The molecule has 1 N–H and O–H groups in total. The van der Waals surface area contributed by atoms with Crippen molar-refractivity contribution in [3.05, 3.63) is 34.9 Å². The van der Waals surface area contributed by atoms with Crippen molar-refractivity contribution in [2.75, 3.05) is 0 Å². The molecule has 1 heterocycles. The molecule has 94 valence electrons. The number of rotatable bonds is 0. The van der Waals surface area contributed by atoms with Crippen molar-refractivity contribution in [2.24, 2.45) is 0 Å². The molecule has 0 atom stereocenters. The highest BCUT2D eigenvalue weighted by molar-refractivity contribution is 6.34. The lowest BCUT2D eigenvalue weighted by Crippen LogP contribution is -2.32. The van der Waals surface area contributed by atoms with Gasteiger partial charge in [0.15, 0.2) is 0 Å². The van der Waals surface area contributed by atoms with Crippen LogP contribution in [0.4, 0.5) is 0 Å². The molecule has 3 rings (SSSR count). The van der Waals surface area contributed by atoms with E-state index < -0.39 is 0 Å². The number of phenols is 1. The van der Waals surface area contributed by atoms with Gasteiger partial charge < -0.3 is 9.84 Å². The van der Waals surface area contributed by atoms with Crippen molar-refractivity contribution in [2.45, 2.75) is 32.3 Å². The van der Waals surface area contributed by atoms with E-state index in [1.165, 1.54) is 0 Å². The lowest BCUT2D eigenvalue weighted by molar-refractivity contribution is 0.0868. The van der Waals surface area contributed by atoms with Crippen LogP contribution in [-0.2, 0) is 6.42 Å². The molecule has 0 saturated heterocycles. The number of benzene rings is 2. The summed E-state index contributed by atoms with van der Waals surface area (Å²) in [6.45, 7) is 4.15. The van der Waals surface area contributed by atoms with E-state index in [9.17, 15) is 5.11 Å². The summed E-state index contributed by atoms with van der Waals surface area (Å²) in [5, 5.41) is 12.3. The van der Waals surface area contributed by atoms with E-state index in [0.29, 0.717) is 5.02 Å². The largest absolute Gasteiger partial charge is 0.506 e. The molecule has 1 aliphatic rings. The quantitative estimate of drug-likeness (QED) is 0.767. The Hall–Kier alpha value is -1.41. The summed E-state index contributed by atoms with van der Waals surface area (Å²) in [4.78, 5) is 0. The van der Waals surface area contributed by atoms with Gasteiger partial charge in [0.2, 0.25) is 0 Å². The normalized spacial score (nSPS) is 17.3. The Balaban J connectivity index is 2.37. The number of hydrogen-bond acceptors (Lipinski definition) is 2. The molecule has 2 nitrogen and oxygen atoms in total. The third kappa shape index (κ3) is 1.64. The van der Waals surface area contributed by atoms with Crippen LogP contribution in [0.25, 0.3) is 10.8 Å². The molecular formula is C15H15ClO2. The van der Waals surface area contributed by atoms with E-state index in [0.717, 1.165) is 34.9 Å². The van der Waals surface area contributed by atoms with Crippen LogP contribution < -0.4 is 4.74 Å². The van der Waals surface area contributed by atoms with Gasteiger partial charge in [0.1, 0.15) is 17.1 Å². The Morgan fingerprint density at radius 3 is 2.61 bits per heavy atom. The zero-order valence-corrected chi connectivity index (χ0v) is 11.2. The Kier molecular flexibility index (Phi) is 2.46. The van der Waals surface area contributed by atoms with Gasteiger partial charge in [-0.05, 0) is 26.7 Å². The van der Waals surface area contributed by atoms with Gasteiger partial charge in [-0.15, -0.1) is 0 Å². The molecule has 0 amide bonds. The van der Waals surface area contributed by atoms with Gasteiger partial charge in [-0.25, -0.2) is 0 Å². The van der Waals surface area contributed by atoms with Crippen LogP contribution in [-0.4, -0.2) is 10.7 Å². The van der Waals surface area contributed by atoms with Crippen molar-refractivity contribution in [1.82, 2.24) is 0 Å². The first-order valence-corrected chi connectivity index (χ1v) is 6.48. The van der Waals surface area contributed by atoms with Gasteiger partial charge in [0.05, 0.1) is 5.02 Å². The molecular weight excluding hydrogens is 248 g/mol. The lowest BCUT2D eigenvalue weighted by atomic mass is 9.91. The molecule has 2 aromatic rings. The summed E-state index contributed by atoms with van der Waals surface area (Å²) >= 11 is 6.25. The molecule has 18 heavy (non-hydrogen) atoms. The number of phenolic OH excluding ortho intramolecular Hbond substituents is 1. The highest BCUT2D eigenvalue weighted by Gasteiger charge is 2.30. The van der Waals surface area contributed by atoms with Crippen molar-refractivity contribution in [3.8, 4) is 11.5 Å². The molecule has 0 spiro atoms. The number of aromatic hydroxyl groups is 1.